The van der Waals surface area contributed by atoms with E-state index in [1.807, 2.05) is 23.1 Å². The monoisotopic (exact) mass is 440 g/mol. The van der Waals surface area contributed by atoms with Crippen LogP contribution in [0.15, 0.2) is 46.9 Å². The van der Waals surface area contributed by atoms with Gasteiger partial charge >= 0.3 is 0 Å². The van der Waals surface area contributed by atoms with Crippen LogP contribution in [-0.2, 0) is 16.1 Å². The number of hydrogen-bond donors (Lipinski definition) is 1. The van der Waals surface area contributed by atoms with Crippen LogP contribution in [0.4, 0.5) is 0 Å². The van der Waals surface area contributed by atoms with Crippen LogP contribution in [0.3, 0.4) is 0 Å². The van der Waals surface area contributed by atoms with Crippen molar-refractivity contribution < 1.29 is 9.59 Å². The number of allylic oxidation sites excluding steroid dienone is 1. The van der Waals surface area contributed by atoms with Crippen LogP contribution in [-0.4, -0.2) is 61.3 Å². The van der Waals surface area contributed by atoms with Gasteiger partial charge in [0, 0.05) is 32.6 Å². The first-order valence-electron chi connectivity index (χ1n) is 10.2. The van der Waals surface area contributed by atoms with Gasteiger partial charge in [0.25, 0.3) is 5.56 Å². The fourth-order valence-corrected chi connectivity index (χ4v) is 4.51. The Labute approximate surface area is 183 Å². The molecule has 10 heteroatoms. The number of nitrogens with zero attached hydrogens (tertiary/aromatic N) is 5. The number of amides is 2. The standard InChI is InChI=1S/C21H24N6O3S/c1-2-11-26-19(30)15-7-3-4-8-16(15)27-20(26)23-24-21(27)31-14-17(28)22-10-9-18(29)25-12-5-6-13-25/h2-4,7-8H,1,5-6,9-14H2,(H,22,28). The van der Waals surface area contributed by atoms with E-state index in [0.29, 0.717) is 41.3 Å². The molecule has 0 bridgehead atoms. The van der Waals surface area contributed by atoms with E-state index in [1.54, 1.807) is 16.5 Å². The molecule has 162 valence electrons. The molecule has 1 saturated heterocycles. The molecule has 2 aromatic heterocycles. The molecule has 4 rings (SSSR count). The number of aromatic nitrogens is 4. The van der Waals surface area contributed by atoms with Gasteiger partial charge in [0.1, 0.15) is 0 Å². The molecule has 31 heavy (non-hydrogen) atoms. The average molecular weight is 441 g/mol. The maximum atomic E-state index is 12.8. The molecule has 0 aliphatic carbocycles. The molecule has 0 atom stereocenters. The quantitative estimate of drug-likeness (QED) is 0.420. The van der Waals surface area contributed by atoms with Gasteiger partial charge in [-0.2, -0.15) is 0 Å². The van der Waals surface area contributed by atoms with Gasteiger partial charge in [0.2, 0.25) is 17.6 Å². The van der Waals surface area contributed by atoms with Crippen molar-refractivity contribution in [1.29, 1.82) is 0 Å². The first-order valence-corrected chi connectivity index (χ1v) is 11.2. The van der Waals surface area contributed by atoms with Gasteiger partial charge in [-0.3, -0.25) is 23.4 Å². The first-order chi connectivity index (χ1) is 15.1. The fraction of sp³-hybridized carbons (Fsp3) is 0.381. The lowest BCUT2D eigenvalue weighted by molar-refractivity contribution is -0.130. The second kappa shape index (κ2) is 9.34. The maximum absolute atomic E-state index is 12.8. The highest BCUT2D eigenvalue weighted by molar-refractivity contribution is 7.99. The summed E-state index contributed by atoms with van der Waals surface area (Å²) in [5.74, 6) is 0.441. The molecule has 3 aromatic rings. The van der Waals surface area contributed by atoms with Crippen molar-refractivity contribution in [3.8, 4) is 0 Å². The van der Waals surface area contributed by atoms with Crippen molar-refractivity contribution in [3.63, 3.8) is 0 Å². The Morgan fingerprint density at radius 3 is 2.74 bits per heavy atom. The molecule has 1 aromatic carbocycles. The van der Waals surface area contributed by atoms with Crippen molar-refractivity contribution in [2.75, 3.05) is 25.4 Å². The van der Waals surface area contributed by atoms with Crippen molar-refractivity contribution in [2.45, 2.75) is 31.0 Å². The van der Waals surface area contributed by atoms with Crippen molar-refractivity contribution in [3.05, 3.63) is 47.3 Å². The van der Waals surface area contributed by atoms with E-state index in [9.17, 15) is 14.4 Å². The van der Waals surface area contributed by atoms with Gasteiger partial charge in [0.15, 0.2) is 5.16 Å². The molecule has 3 heterocycles. The Hall–Kier alpha value is -3.14. The predicted molar refractivity (Wildman–Crippen MR) is 119 cm³/mol. The first kappa shape index (κ1) is 21.1. The number of benzene rings is 1. The third-order valence-corrected chi connectivity index (χ3v) is 6.17. The zero-order valence-electron chi connectivity index (χ0n) is 17.1. The van der Waals surface area contributed by atoms with Gasteiger partial charge in [-0.25, -0.2) is 0 Å². The molecule has 0 saturated carbocycles. The number of thioether (sulfide) groups is 1. The highest BCUT2D eigenvalue weighted by Gasteiger charge is 2.19. The SMILES string of the molecule is C=CCn1c(=O)c2ccccc2n2c(SCC(=O)NCCC(=O)N3CCCC3)nnc12. The summed E-state index contributed by atoms with van der Waals surface area (Å²) in [6.45, 7) is 5.96. The number of carbonyl (C=O) groups is 2. The van der Waals surface area contributed by atoms with E-state index in [2.05, 4.69) is 22.1 Å². The number of para-hydroxylation sites is 1. The summed E-state index contributed by atoms with van der Waals surface area (Å²) in [6.07, 6.45) is 4.05. The minimum atomic E-state index is -0.181. The summed E-state index contributed by atoms with van der Waals surface area (Å²) in [5.41, 5.74) is 0.527. The molecule has 0 radical (unpaired) electrons. The van der Waals surface area contributed by atoms with Crippen LogP contribution in [0, 0.1) is 0 Å². The minimum Gasteiger partial charge on any atom is -0.355 e. The van der Waals surface area contributed by atoms with E-state index in [0.717, 1.165) is 25.9 Å². The normalized spacial score (nSPS) is 13.7. The predicted octanol–water partition coefficient (Wildman–Crippen LogP) is 1.45. The number of rotatable bonds is 8. The van der Waals surface area contributed by atoms with Gasteiger partial charge < -0.3 is 10.2 Å². The molecule has 0 unspecified atom stereocenters. The number of hydrogen-bond acceptors (Lipinski definition) is 6. The highest BCUT2D eigenvalue weighted by Crippen LogP contribution is 2.21. The number of carbonyl (C=O) groups excluding carboxylic acids is 2. The molecule has 0 spiro atoms. The summed E-state index contributed by atoms with van der Waals surface area (Å²) in [5, 5.41) is 12.2. The maximum Gasteiger partial charge on any atom is 0.263 e. The fourth-order valence-electron chi connectivity index (χ4n) is 3.74. The smallest absolute Gasteiger partial charge is 0.263 e. The van der Waals surface area contributed by atoms with E-state index in [1.165, 1.54) is 16.3 Å². The number of nitrogens with one attached hydrogen (secondary N) is 1. The molecular weight excluding hydrogens is 416 g/mol. The van der Waals surface area contributed by atoms with Crippen molar-refractivity contribution >= 4 is 40.3 Å². The molecular formula is C21H24N6O3S. The third-order valence-electron chi connectivity index (χ3n) is 5.24. The lowest BCUT2D eigenvalue weighted by Crippen LogP contribution is -2.33. The van der Waals surface area contributed by atoms with Crippen LogP contribution in [0.25, 0.3) is 16.7 Å². The van der Waals surface area contributed by atoms with Crippen LogP contribution in [0.5, 0.6) is 0 Å². The molecule has 1 aliphatic heterocycles. The lowest BCUT2D eigenvalue weighted by Gasteiger charge is -2.15. The highest BCUT2D eigenvalue weighted by atomic mass is 32.2. The van der Waals surface area contributed by atoms with Crippen molar-refractivity contribution in [1.82, 2.24) is 29.4 Å². The van der Waals surface area contributed by atoms with Crippen LogP contribution in [0.1, 0.15) is 19.3 Å². The molecule has 2 amide bonds. The van der Waals surface area contributed by atoms with Gasteiger partial charge in [-0.15, -0.1) is 16.8 Å². The number of fused-ring (bicyclic) bond motifs is 3. The van der Waals surface area contributed by atoms with E-state index < -0.39 is 0 Å². The summed E-state index contributed by atoms with van der Waals surface area (Å²) in [6, 6.07) is 7.24. The van der Waals surface area contributed by atoms with Gasteiger partial charge in [-0.05, 0) is 25.0 Å². The Morgan fingerprint density at radius 2 is 1.97 bits per heavy atom. The van der Waals surface area contributed by atoms with E-state index in [4.69, 9.17) is 0 Å². The van der Waals surface area contributed by atoms with E-state index >= 15 is 0 Å². The Bertz CT molecular complexity index is 1200. The zero-order valence-corrected chi connectivity index (χ0v) is 17.9. The molecule has 1 N–H and O–H groups in total. The summed E-state index contributed by atoms with van der Waals surface area (Å²) < 4.78 is 3.30. The zero-order chi connectivity index (χ0) is 21.8. The second-order valence-electron chi connectivity index (χ2n) is 7.32. The third kappa shape index (κ3) is 4.34. The Balaban J connectivity index is 1.46. The van der Waals surface area contributed by atoms with Gasteiger partial charge in [-0.1, -0.05) is 30.0 Å². The lowest BCUT2D eigenvalue weighted by atomic mass is 10.2. The molecule has 1 fully saturated rings. The van der Waals surface area contributed by atoms with Crippen molar-refractivity contribution in [2.24, 2.45) is 0 Å². The summed E-state index contributed by atoms with van der Waals surface area (Å²) in [7, 11) is 0. The largest absolute Gasteiger partial charge is 0.355 e. The van der Waals surface area contributed by atoms with E-state index in [-0.39, 0.29) is 23.1 Å². The Morgan fingerprint density at radius 1 is 1.19 bits per heavy atom. The summed E-state index contributed by atoms with van der Waals surface area (Å²) in [4.78, 5) is 39.0. The van der Waals surface area contributed by atoms with Gasteiger partial charge in [0.05, 0.1) is 16.7 Å². The summed E-state index contributed by atoms with van der Waals surface area (Å²) >= 11 is 1.24. The molecule has 1 aliphatic rings. The topological polar surface area (TPSA) is 102 Å². The average Bonchev–Trinajstić information content (AvgIpc) is 3.45. The Kier molecular flexibility index (Phi) is 6.36. The van der Waals surface area contributed by atoms with Crippen LogP contribution >= 0.6 is 11.8 Å². The van der Waals surface area contributed by atoms with Crippen LogP contribution in [0.2, 0.25) is 0 Å². The molecule has 9 nitrogen and oxygen atoms in total. The minimum absolute atomic E-state index is 0.0839. The van der Waals surface area contributed by atoms with Crippen LogP contribution < -0.4 is 10.9 Å². The number of likely N-dealkylation sites (tertiary alicyclic amines) is 1. The second-order valence-corrected chi connectivity index (χ2v) is 8.26.